The van der Waals surface area contributed by atoms with Crippen molar-refractivity contribution < 1.29 is 14.6 Å². The summed E-state index contributed by atoms with van der Waals surface area (Å²) in [6.45, 7) is 2.46. The lowest BCUT2D eigenvalue weighted by molar-refractivity contribution is -0.145. The number of aryl methyl sites for hydroxylation is 1. The summed E-state index contributed by atoms with van der Waals surface area (Å²) >= 11 is 0. The largest absolute Gasteiger partial charge is 0.480 e. The average molecular weight is 225 g/mol. The third-order valence-corrected chi connectivity index (χ3v) is 2.69. The molecule has 0 saturated carbocycles. The van der Waals surface area contributed by atoms with Crippen molar-refractivity contribution in [3.8, 4) is 0 Å². The van der Waals surface area contributed by atoms with Crippen molar-refractivity contribution in [2.45, 2.75) is 6.04 Å². The Morgan fingerprint density at radius 3 is 2.75 bits per heavy atom. The Hall–Kier alpha value is -1.40. The molecule has 1 aliphatic rings. The lowest BCUT2D eigenvalue weighted by Crippen LogP contribution is -2.42. The predicted molar refractivity (Wildman–Crippen MR) is 56.0 cm³/mol. The van der Waals surface area contributed by atoms with Crippen molar-refractivity contribution in [2.24, 2.45) is 7.05 Å². The zero-order valence-corrected chi connectivity index (χ0v) is 9.17. The Bertz CT molecular complexity index is 371. The van der Waals surface area contributed by atoms with E-state index in [1.165, 1.54) is 0 Å². The number of rotatable bonds is 3. The summed E-state index contributed by atoms with van der Waals surface area (Å²) in [6.07, 6.45) is 3.35. The molecule has 6 heteroatoms. The quantitative estimate of drug-likeness (QED) is 0.776. The SMILES string of the molecule is Cn1cc([C@H](C(=O)O)N2CCOCC2)cn1. The highest BCUT2D eigenvalue weighted by atomic mass is 16.5. The second-order valence-corrected chi connectivity index (χ2v) is 3.84. The van der Waals surface area contributed by atoms with Crippen LogP contribution in [0.5, 0.6) is 0 Å². The van der Waals surface area contributed by atoms with Crippen LogP contribution in [0.4, 0.5) is 0 Å². The molecule has 2 heterocycles. The van der Waals surface area contributed by atoms with Gasteiger partial charge in [0.15, 0.2) is 0 Å². The normalized spacial score (nSPS) is 19.6. The standard InChI is InChI=1S/C10H15N3O3/c1-12-7-8(6-11-12)9(10(14)15)13-2-4-16-5-3-13/h6-7,9H,2-5H2,1H3,(H,14,15)/t9-/m1/s1. The van der Waals surface area contributed by atoms with Gasteiger partial charge < -0.3 is 9.84 Å². The van der Waals surface area contributed by atoms with Crippen molar-refractivity contribution in [3.05, 3.63) is 18.0 Å². The topological polar surface area (TPSA) is 67.6 Å². The fourth-order valence-corrected chi connectivity index (χ4v) is 1.93. The van der Waals surface area contributed by atoms with Crippen LogP contribution in [0, 0.1) is 0 Å². The number of morpholine rings is 1. The zero-order valence-electron chi connectivity index (χ0n) is 9.17. The first-order chi connectivity index (χ1) is 7.68. The molecule has 0 aromatic carbocycles. The van der Waals surface area contributed by atoms with E-state index in [0.29, 0.717) is 26.3 Å². The van der Waals surface area contributed by atoms with Crippen molar-refractivity contribution in [1.82, 2.24) is 14.7 Å². The molecule has 0 amide bonds. The summed E-state index contributed by atoms with van der Waals surface area (Å²) < 4.78 is 6.83. The molecule has 88 valence electrons. The van der Waals surface area contributed by atoms with Crippen LogP contribution in [-0.4, -0.2) is 52.1 Å². The molecule has 2 rings (SSSR count). The van der Waals surface area contributed by atoms with Gasteiger partial charge in [0.2, 0.25) is 0 Å². The van der Waals surface area contributed by atoms with Gasteiger partial charge >= 0.3 is 5.97 Å². The van der Waals surface area contributed by atoms with Gasteiger partial charge in [-0.05, 0) is 0 Å². The molecule has 1 N–H and O–H groups in total. The maximum atomic E-state index is 11.3. The number of hydrogen-bond donors (Lipinski definition) is 1. The van der Waals surface area contributed by atoms with Crippen LogP contribution in [0.2, 0.25) is 0 Å². The molecular weight excluding hydrogens is 210 g/mol. The molecule has 16 heavy (non-hydrogen) atoms. The molecular formula is C10H15N3O3. The Kier molecular flexibility index (Phi) is 3.21. The van der Waals surface area contributed by atoms with Crippen LogP contribution in [0.15, 0.2) is 12.4 Å². The maximum Gasteiger partial charge on any atom is 0.325 e. The number of nitrogens with zero attached hydrogens (tertiary/aromatic N) is 3. The van der Waals surface area contributed by atoms with Gasteiger partial charge in [0.05, 0.1) is 19.4 Å². The van der Waals surface area contributed by atoms with Crippen molar-refractivity contribution in [2.75, 3.05) is 26.3 Å². The molecule has 1 aliphatic heterocycles. The molecule has 1 aromatic heterocycles. The number of aliphatic carboxylic acids is 1. The van der Waals surface area contributed by atoms with Crippen LogP contribution < -0.4 is 0 Å². The summed E-state index contributed by atoms with van der Waals surface area (Å²) in [5.41, 5.74) is 0.719. The average Bonchev–Trinajstić information content (AvgIpc) is 2.66. The van der Waals surface area contributed by atoms with Crippen molar-refractivity contribution in [3.63, 3.8) is 0 Å². The fourth-order valence-electron chi connectivity index (χ4n) is 1.93. The first-order valence-corrected chi connectivity index (χ1v) is 5.21. The van der Waals surface area contributed by atoms with Gasteiger partial charge in [-0.1, -0.05) is 0 Å². The van der Waals surface area contributed by atoms with Crippen LogP contribution in [0.25, 0.3) is 0 Å². The minimum atomic E-state index is -0.838. The predicted octanol–water partition coefficient (Wildman–Crippen LogP) is -0.122. The molecule has 6 nitrogen and oxygen atoms in total. The van der Waals surface area contributed by atoms with E-state index in [1.807, 2.05) is 4.90 Å². The molecule has 1 saturated heterocycles. The fraction of sp³-hybridized carbons (Fsp3) is 0.600. The number of hydrogen-bond acceptors (Lipinski definition) is 4. The summed E-state index contributed by atoms with van der Waals surface area (Å²) in [7, 11) is 1.78. The Labute approximate surface area is 93.4 Å². The van der Waals surface area contributed by atoms with E-state index in [4.69, 9.17) is 4.74 Å². The maximum absolute atomic E-state index is 11.3. The van der Waals surface area contributed by atoms with E-state index < -0.39 is 12.0 Å². The number of carboxylic acids is 1. The second kappa shape index (κ2) is 4.63. The second-order valence-electron chi connectivity index (χ2n) is 3.84. The van der Waals surface area contributed by atoms with E-state index in [9.17, 15) is 9.90 Å². The Morgan fingerprint density at radius 2 is 2.25 bits per heavy atom. The molecule has 0 unspecified atom stereocenters. The van der Waals surface area contributed by atoms with Crippen LogP contribution in [0.1, 0.15) is 11.6 Å². The van der Waals surface area contributed by atoms with E-state index in [1.54, 1.807) is 24.1 Å². The Balaban J connectivity index is 2.19. The number of carboxylic acid groups (broad SMARTS) is 1. The lowest BCUT2D eigenvalue weighted by Gasteiger charge is -2.31. The third kappa shape index (κ3) is 2.23. The smallest absolute Gasteiger partial charge is 0.325 e. The number of aromatic nitrogens is 2. The third-order valence-electron chi connectivity index (χ3n) is 2.69. The molecule has 1 aromatic rings. The Morgan fingerprint density at radius 1 is 1.56 bits per heavy atom. The van der Waals surface area contributed by atoms with E-state index in [-0.39, 0.29) is 0 Å². The zero-order chi connectivity index (χ0) is 11.5. The molecule has 0 aliphatic carbocycles. The minimum Gasteiger partial charge on any atom is -0.480 e. The highest BCUT2D eigenvalue weighted by molar-refractivity contribution is 5.75. The molecule has 1 fully saturated rings. The summed E-state index contributed by atoms with van der Waals surface area (Å²) in [5, 5.41) is 13.3. The van der Waals surface area contributed by atoms with Gasteiger partial charge in [0.25, 0.3) is 0 Å². The highest BCUT2D eigenvalue weighted by Crippen LogP contribution is 2.21. The van der Waals surface area contributed by atoms with Gasteiger partial charge in [-0.3, -0.25) is 14.4 Å². The van der Waals surface area contributed by atoms with Crippen LogP contribution in [-0.2, 0) is 16.6 Å². The molecule has 0 radical (unpaired) electrons. The van der Waals surface area contributed by atoms with E-state index in [2.05, 4.69) is 5.10 Å². The van der Waals surface area contributed by atoms with E-state index >= 15 is 0 Å². The highest BCUT2D eigenvalue weighted by Gasteiger charge is 2.29. The first-order valence-electron chi connectivity index (χ1n) is 5.21. The van der Waals surface area contributed by atoms with Gasteiger partial charge in [0.1, 0.15) is 6.04 Å². The summed E-state index contributed by atoms with van der Waals surface area (Å²) in [6, 6.07) is -0.613. The first kappa shape index (κ1) is 11.1. The van der Waals surface area contributed by atoms with E-state index in [0.717, 1.165) is 5.56 Å². The van der Waals surface area contributed by atoms with Crippen LogP contribution in [0.3, 0.4) is 0 Å². The van der Waals surface area contributed by atoms with Crippen molar-refractivity contribution >= 4 is 5.97 Å². The van der Waals surface area contributed by atoms with Gasteiger partial charge in [-0.15, -0.1) is 0 Å². The van der Waals surface area contributed by atoms with Gasteiger partial charge in [0, 0.05) is 31.9 Å². The van der Waals surface area contributed by atoms with Crippen molar-refractivity contribution in [1.29, 1.82) is 0 Å². The van der Waals surface area contributed by atoms with Crippen LogP contribution >= 0.6 is 0 Å². The molecule has 0 bridgehead atoms. The number of carbonyl (C=O) groups is 1. The lowest BCUT2D eigenvalue weighted by atomic mass is 10.1. The van der Waals surface area contributed by atoms with Gasteiger partial charge in [-0.2, -0.15) is 5.10 Å². The van der Waals surface area contributed by atoms with Gasteiger partial charge in [-0.25, -0.2) is 0 Å². The number of ether oxygens (including phenoxy) is 1. The summed E-state index contributed by atoms with van der Waals surface area (Å²) in [5.74, 6) is -0.838. The monoisotopic (exact) mass is 225 g/mol. The minimum absolute atomic E-state index is 0.587. The molecule has 0 spiro atoms. The summed E-state index contributed by atoms with van der Waals surface area (Å²) in [4.78, 5) is 13.2. The molecule has 1 atom stereocenters.